The molecule has 28 heavy (non-hydrogen) atoms. The molecule has 2 aromatic carbocycles. The van der Waals surface area contributed by atoms with Crippen LogP contribution in [0.5, 0.6) is 5.75 Å². The molecule has 1 N–H and O–H groups in total. The van der Waals surface area contributed by atoms with E-state index in [4.69, 9.17) is 11.2 Å². The number of imide groups is 2. The third kappa shape index (κ3) is 3.79. The van der Waals surface area contributed by atoms with E-state index in [1.807, 2.05) is 19.1 Å². The first-order valence-electron chi connectivity index (χ1n) is 8.70. The Hall–Kier alpha value is -3.85. The second kappa shape index (κ2) is 8.23. The Morgan fingerprint density at radius 1 is 1.11 bits per heavy atom. The van der Waals surface area contributed by atoms with E-state index in [1.54, 1.807) is 36.4 Å². The number of benzene rings is 2. The van der Waals surface area contributed by atoms with Crippen molar-refractivity contribution in [2.24, 2.45) is 0 Å². The van der Waals surface area contributed by atoms with Gasteiger partial charge in [-0.1, -0.05) is 43.2 Å². The van der Waals surface area contributed by atoms with Gasteiger partial charge in [0.05, 0.1) is 5.69 Å². The molecule has 0 aliphatic carbocycles. The number of rotatable bonds is 5. The van der Waals surface area contributed by atoms with Gasteiger partial charge in [-0.05, 0) is 36.3 Å². The lowest BCUT2D eigenvalue weighted by atomic mass is 10.1. The summed E-state index contributed by atoms with van der Waals surface area (Å²) in [5, 5.41) is 2.21. The molecule has 6 nitrogen and oxygen atoms in total. The molecule has 1 aliphatic heterocycles. The van der Waals surface area contributed by atoms with Crippen LogP contribution in [0.3, 0.4) is 0 Å². The molecule has 0 aromatic heterocycles. The first-order chi connectivity index (χ1) is 13.5. The number of amides is 4. The van der Waals surface area contributed by atoms with Gasteiger partial charge in [-0.15, -0.1) is 6.42 Å². The number of carbonyl (C=O) groups excluding carboxylic acids is 3. The van der Waals surface area contributed by atoms with Crippen molar-refractivity contribution in [3.63, 3.8) is 0 Å². The molecule has 0 spiro atoms. The van der Waals surface area contributed by atoms with E-state index in [0.717, 1.165) is 16.9 Å². The fourth-order valence-corrected chi connectivity index (χ4v) is 2.78. The van der Waals surface area contributed by atoms with Gasteiger partial charge in [0, 0.05) is 5.56 Å². The summed E-state index contributed by atoms with van der Waals surface area (Å²) in [5.41, 5.74) is 1.79. The lowest BCUT2D eigenvalue weighted by Crippen LogP contribution is -2.54. The van der Waals surface area contributed by atoms with Crippen molar-refractivity contribution in [1.29, 1.82) is 0 Å². The second-order valence-corrected chi connectivity index (χ2v) is 6.01. The predicted octanol–water partition coefficient (Wildman–Crippen LogP) is 2.93. The lowest BCUT2D eigenvalue weighted by Gasteiger charge is -2.26. The number of ether oxygens (including phenoxy) is 1. The average Bonchev–Trinajstić information content (AvgIpc) is 2.70. The van der Waals surface area contributed by atoms with Crippen molar-refractivity contribution in [2.45, 2.75) is 13.3 Å². The van der Waals surface area contributed by atoms with Crippen molar-refractivity contribution < 1.29 is 19.1 Å². The molecule has 0 bridgehead atoms. The maximum Gasteiger partial charge on any atom is 0.335 e. The number of anilines is 1. The van der Waals surface area contributed by atoms with Crippen LogP contribution in [-0.4, -0.2) is 24.5 Å². The Kier molecular flexibility index (Phi) is 5.56. The molecule has 0 atom stereocenters. The maximum absolute atomic E-state index is 12.9. The summed E-state index contributed by atoms with van der Waals surface area (Å²) in [6.07, 6.45) is 7.44. The topological polar surface area (TPSA) is 75.7 Å². The van der Waals surface area contributed by atoms with Crippen molar-refractivity contribution in [3.8, 4) is 18.1 Å². The Balaban J connectivity index is 1.98. The van der Waals surface area contributed by atoms with E-state index in [1.165, 1.54) is 6.08 Å². The number of urea groups is 1. The zero-order chi connectivity index (χ0) is 20.1. The summed E-state index contributed by atoms with van der Waals surface area (Å²) in [7, 11) is 0. The Morgan fingerprint density at radius 3 is 2.50 bits per heavy atom. The smallest absolute Gasteiger partial charge is 0.335 e. The van der Waals surface area contributed by atoms with E-state index in [9.17, 15) is 14.4 Å². The van der Waals surface area contributed by atoms with Gasteiger partial charge in [0.15, 0.2) is 0 Å². The summed E-state index contributed by atoms with van der Waals surface area (Å²) in [5.74, 6) is 1.34. The lowest BCUT2D eigenvalue weighted by molar-refractivity contribution is -0.122. The summed E-state index contributed by atoms with van der Waals surface area (Å²) >= 11 is 0. The zero-order valence-electron chi connectivity index (χ0n) is 15.3. The fourth-order valence-electron chi connectivity index (χ4n) is 2.78. The normalized spacial score (nSPS) is 15.4. The van der Waals surface area contributed by atoms with Crippen LogP contribution in [0, 0.1) is 12.3 Å². The number of hydrogen-bond acceptors (Lipinski definition) is 4. The summed E-state index contributed by atoms with van der Waals surface area (Å²) in [6.45, 7) is 2.06. The summed E-state index contributed by atoms with van der Waals surface area (Å²) < 4.78 is 5.45. The monoisotopic (exact) mass is 374 g/mol. The van der Waals surface area contributed by atoms with Gasteiger partial charge in [0.1, 0.15) is 17.9 Å². The van der Waals surface area contributed by atoms with Crippen LogP contribution in [0.25, 0.3) is 6.08 Å². The van der Waals surface area contributed by atoms with Crippen molar-refractivity contribution in [1.82, 2.24) is 5.32 Å². The standard InChI is InChI=1S/C22H18N2O4/c1-3-13-28-19-8-6-5-7-16(19)14-18-20(25)23-22(27)24(21(18)26)17-11-9-15(4-2)10-12-17/h1,5-12,14H,4,13H2,2H3,(H,23,25,27)/b18-14+. The summed E-state index contributed by atoms with van der Waals surface area (Å²) in [4.78, 5) is 38.5. The molecule has 1 fully saturated rings. The van der Waals surface area contributed by atoms with E-state index >= 15 is 0 Å². The van der Waals surface area contributed by atoms with Gasteiger partial charge in [0.25, 0.3) is 11.8 Å². The van der Waals surface area contributed by atoms with Gasteiger partial charge in [-0.3, -0.25) is 14.9 Å². The molecule has 140 valence electrons. The highest BCUT2D eigenvalue weighted by Crippen LogP contribution is 2.25. The fraction of sp³-hybridized carbons (Fsp3) is 0.136. The Bertz CT molecular complexity index is 1000. The molecule has 0 saturated carbocycles. The van der Waals surface area contributed by atoms with Crippen molar-refractivity contribution in [2.75, 3.05) is 11.5 Å². The van der Waals surface area contributed by atoms with Crippen LogP contribution in [0.4, 0.5) is 10.5 Å². The first kappa shape index (κ1) is 18.9. The van der Waals surface area contributed by atoms with Crippen LogP contribution < -0.4 is 15.0 Å². The minimum atomic E-state index is -0.784. The zero-order valence-corrected chi connectivity index (χ0v) is 15.3. The number of para-hydroxylation sites is 1. The van der Waals surface area contributed by atoms with Gasteiger partial charge >= 0.3 is 6.03 Å². The summed E-state index contributed by atoms with van der Waals surface area (Å²) in [6, 6.07) is 13.1. The number of terminal acetylenes is 1. The number of barbiturate groups is 1. The van der Waals surface area contributed by atoms with Gasteiger partial charge in [-0.2, -0.15) is 0 Å². The molecule has 4 amide bonds. The molecular weight excluding hydrogens is 356 g/mol. The van der Waals surface area contributed by atoms with Crippen LogP contribution in [0.15, 0.2) is 54.1 Å². The van der Waals surface area contributed by atoms with Crippen LogP contribution in [0.2, 0.25) is 0 Å². The van der Waals surface area contributed by atoms with Crippen molar-refractivity contribution in [3.05, 3.63) is 65.2 Å². The number of nitrogens with zero attached hydrogens (tertiary/aromatic N) is 1. The highest BCUT2D eigenvalue weighted by molar-refractivity contribution is 6.39. The third-order valence-corrected chi connectivity index (χ3v) is 4.23. The number of aryl methyl sites for hydroxylation is 1. The predicted molar refractivity (Wildman–Crippen MR) is 106 cm³/mol. The van der Waals surface area contributed by atoms with Crippen molar-refractivity contribution >= 4 is 29.6 Å². The third-order valence-electron chi connectivity index (χ3n) is 4.23. The SMILES string of the molecule is C#CCOc1ccccc1/C=C1\C(=O)NC(=O)N(c2ccc(CC)cc2)C1=O. The molecule has 2 aromatic rings. The van der Waals surface area contributed by atoms with Gasteiger partial charge < -0.3 is 4.74 Å². The van der Waals surface area contributed by atoms with Crippen LogP contribution in [-0.2, 0) is 16.0 Å². The molecule has 1 aliphatic rings. The van der Waals surface area contributed by atoms with E-state index in [0.29, 0.717) is 17.0 Å². The minimum absolute atomic E-state index is 0.0503. The molecule has 3 rings (SSSR count). The second-order valence-electron chi connectivity index (χ2n) is 6.01. The largest absolute Gasteiger partial charge is 0.480 e. The molecule has 0 unspecified atom stereocenters. The van der Waals surface area contributed by atoms with Gasteiger partial charge in [-0.25, -0.2) is 9.69 Å². The van der Waals surface area contributed by atoms with Gasteiger partial charge in [0.2, 0.25) is 0 Å². The average molecular weight is 374 g/mol. The molecule has 6 heteroatoms. The minimum Gasteiger partial charge on any atom is -0.480 e. The van der Waals surface area contributed by atoms with E-state index < -0.39 is 17.8 Å². The van der Waals surface area contributed by atoms with Crippen LogP contribution in [0.1, 0.15) is 18.1 Å². The first-order valence-corrected chi connectivity index (χ1v) is 8.70. The maximum atomic E-state index is 12.9. The van der Waals surface area contributed by atoms with Crippen LogP contribution >= 0.6 is 0 Å². The Labute approximate surface area is 162 Å². The number of nitrogens with one attached hydrogen (secondary N) is 1. The highest BCUT2D eigenvalue weighted by Gasteiger charge is 2.36. The molecule has 0 radical (unpaired) electrons. The van der Waals surface area contributed by atoms with E-state index in [-0.39, 0.29) is 12.2 Å². The van der Waals surface area contributed by atoms with E-state index in [2.05, 4.69) is 11.2 Å². The number of hydrogen-bond donors (Lipinski definition) is 1. The molecule has 1 heterocycles. The highest BCUT2D eigenvalue weighted by atomic mass is 16.5. The number of carbonyl (C=O) groups is 3. The quantitative estimate of drug-likeness (QED) is 0.496. The Morgan fingerprint density at radius 2 is 1.82 bits per heavy atom. The molecular formula is C22H18N2O4. The molecule has 1 saturated heterocycles.